The maximum Gasteiger partial charge on any atom is 0.433 e. The first kappa shape index (κ1) is 20.4. The molecule has 0 aliphatic heterocycles. The highest BCUT2D eigenvalue weighted by Gasteiger charge is 2.45. The van der Waals surface area contributed by atoms with Crippen LogP contribution in [-0.2, 0) is 11.7 Å². The minimum atomic E-state index is -4.55. The molecule has 1 aliphatic carbocycles. The van der Waals surface area contributed by atoms with E-state index in [2.05, 4.69) is 10.3 Å². The molecule has 1 fully saturated rings. The molecule has 3 N–H and O–H groups in total. The molecule has 1 saturated carbocycles. The largest absolute Gasteiger partial charge is 0.433 e. The van der Waals surface area contributed by atoms with Crippen LogP contribution in [0.2, 0.25) is 0 Å². The van der Waals surface area contributed by atoms with Crippen LogP contribution in [0.5, 0.6) is 0 Å². The molecule has 0 atom stereocenters. The number of hydrogen-bond donors (Lipinski definition) is 2. The van der Waals surface area contributed by atoms with Crippen LogP contribution in [0.1, 0.15) is 40.0 Å². The number of carbonyl (C=O) groups is 1. The van der Waals surface area contributed by atoms with Crippen molar-refractivity contribution in [1.29, 1.82) is 5.26 Å². The number of benzene rings is 2. The van der Waals surface area contributed by atoms with E-state index in [9.17, 15) is 18.0 Å². The lowest BCUT2D eigenvalue weighted by Crippen LogP contribution is -2.34. The third kappa shape index (κ3) is 4.08. The number of halogens is 3. The quantitative estimate of drug-likeness (QED) is 0.641. The smallest absolute Gasteiger partial charge is 0.383 e. The SMILES string of the molecule is N#Cc1ccc(C(=O)NC2(c3ccc(-c4ccc(C(F)(F)F)nc4N)cc3)CC2)cc1. The highest BCUT2D eigenvalue weighted by atomic mass is 19.4. The van der Waals surface area contributed by atoms with E-state index < -0.39 is 17.4 Å². The molecule has 3 aromatic rings. The van der Waals surface area contributed by atoms with Gasteiger partial charge in [-0.15, -0.1) is 0 Å². The van der Waals surface area contributed by atoms with E-state index in [1.807, 2.05) is 18.2 Å². The summed E-state index contributed by atoms with van der Waals surface area (Å²) in [4.78, 5) is 16.1. The van der Waals surface area contributed by atoms with E-state index in [-0.39, 0.29) is 11.7 Å². The standard InChI is InChI=1S/C23H17F3N4O/c24-23(25,26)19-10-9-18(20(28)29-19)15-5-7-17(8-6-15)22(11-12-22)30-21(31)16-3-1-14(13-27)2-4-16/h1-10H,11-12H2,(H2,28,29)(H,30,31). The predicted octanol–water partition coefficient (Wildman–Crippen LogP) is 4.64. The molecule has 156 valence electrons. The van der Waals surface area contributed by atoms with Crippen molar-refractivity contribution >= 4 is 11.7 Å². The molecule has 1 amide bonds. The predicted molar refractivity (Wildman–Crippen MR) is 109 cm³/mol. The molecule has 1 heterocycles. The number of nitrogens with zero attached hydrogens (tertiary/aromatic N) is 2. The van der Waals surface area contributed by atoms with Crippen molar-refractivity contribution in [3.63, 3.8) is 0 Å². The van der Waals surface area contributed by atoms with Gasteiger partial charge in [0, 0.05) is 11.1 Å². The Bertz CT molecular complexity index is 1180. The molecule has 0 unspecified atom stereocenters. The monoisotopic (exact) mass is 422 g/mol. The van der Waals surface area contributed by atoms with Gasteiger partial charge in [0.05, 0.1) is 17.2 Å². The molecule has 0 spiro atoms. The van der Waals surface area contributed by atoms with Gasteiger partial charge in [0.25, 0.3) is 5.91 Å². The lowest BCUT2D eigenvalue weighted by molar-refractivity contribution is -0.141. The van der Waals surface area contributed by atoms with Crippen LogP contribution in [0.25, 0.3) is 11.1 Å². The highest BCUT2D eigenvalue weighted by molar-refractivity contribution is 5.95. The van der Waals surface area contributed by atoms with Crippen LogP contribution in [0.15, 0.2) is 60.7 Å². The second-order valence-corrected chi connectivity index (χ2v) is 7.43. The number of nitrogen functional groups attached to an aromatic ring is 1. The average molecular weight is 422 g/mol. The van der Waals surface area contributed by atoms with E-state index >= 15 is 0 Å². The summed E-state index contributed by atoms with van der Waals surface area (Å²) in [6.07, 6.45) is -3.00. The Hall–Kier alpha value is -3.86. The number of rotatable bonds is 4. The first-order valence-corrected chi connectivity index (χ1v) is 9.49. The summed E-state index contributed by atoms with van der Waals surface area (Å²) in [5.74, 6) is -0.430. The fraction of sp³-hybridized carbons (Fsp3) is 0.174. The molecule has 31 heavy (non-hydrogen) atoms. The number of anilines is 1. The third-order valence-corrected chi connectivity index (χ3v) is 5.34. The van der Waals surface area contributed by atoms with Gasteiger partial charge in [0.15, 0.2) is 0 Å². The molecule has 0 bridgehead atoms. The third-order valence-electron chi connectivity index (χ3n) is 5.34. The van der Waals surface area contributed by atoms with E-state index in [4.69, 9.17) is 11.0 Å². The van der Waals surface area contributed by atoms with E-state index in [0.29, 0.717) is 22.3 Å². The summed E-state index contributed by atoms with van der Waals surface area (Å²) in [7, 11) is 0. The van der Waals surface area contributed by atoms with Crippen LogP contribution < -0.4 is 11.1 Å². The van der Waals surface area contributed by atoms with Crippen molar-refractivity contribution in [2.75, 3.05) is 5.73 Å². The van der Waals surface area contributed by atoms with Crippen LogP contribution in [0.4, 0.5) is 19.0 Å². The summed E-state index contributed by atoms with van der Waals surface area (Å²) in [6, 6.07) is 17.8. The summed E-state index contributed by atoms with van der Waals surface area (Å²) in [6.45, 7) is 0. The second-order valence-electron chi connectivity index (χ2n) is 7.43. The number of hydrogen-bond acceptors (Lipinski definition) is 4. The summed E-state index contributed by atoms with van der Waals surface area (Å²) < 4.78 is 38.4. The molecule has 1 aromatic heterocycles. The van der Waals surface area contributed by atoms with E-state index in [0.717, 1.165) is 24.5 Å². The van der Waals surface area contributed by atoms with E-state index in [1.165, 1.54) is 6.07 Å². The maximum absolute atomic E-state index is 12.8. The maximum atomic E-state index is 12.8. The van der Waals surface area contributed by atoms with Crippen molar-refractivity contribution in [2.24, 2.45) is 0 Å². The fourth-order valence-electron chi connectivity index (χ4n) is 3.44. The minimum Gasteiger partial charge on any atom is -0.383 e. The van der Waals surface area contributed by atoms with Gasteiger partial charge in [-0.05, 0) is 60.4 Å². The number of alkyl halides is 3. The Kier molecular flexibility index (Phi) is 4.90. The van der Waals surface area contributed by atoms with Gasteiger partial charge >= 0.3 is 6.18 Å². The van der Waals surface area contributed by atoms with Gasteiger partial charge in [-0.1, -0.05) is 24.3 Å². The summed E-state index contributed by atoms with van der Waals surface area (Å²) >= 11 is 0. The van der Waals surface area contributed by atoms with Crippen LogP contribution in [-0.4, -0.2) is 10.9 Å². The number of amides is 1. The zero-order valence-corrected chi connectivity index (χ0v) is 16.2. The average Bonchev–Trinajstić information content (AvgIpc) is 3.54. The molecule has 0 saturated heterocycles. The summed E-state index contributed by atoms with van der Waals surface area (Å²) in [5, 5.41) is 11.9. The number of carbonyl (C=O) groups excluding carboxylic acids is 1. The second kappa shape index (κ2) is 7.43. The van der Waals surface area contributed by atoms with Crippen LogP contribution in [0, 0.1) is 11.3 Å². The van der Waals surface area contributed by atoms with E-state index in [1.54, 1.807) is 36.4 Å². The molecule has 5 nitrogen and oxygen atoms in total. The molecular weight excluding hydrogens is 405 g/mol. The van der Waals surface area contributed by atoms with Crippen LogP contribution >= 0.6 is 0 Å². The van der Waals surface area contributed by atoms with Crippen molar-refractivity contribution in [3.05, 3.63) is 83.0 Å². The normalized spacial score (nSPS) is 14.5. The molecule has 0 radical (unpaired) electrons. The molecule has 1 aliphatic rings. The van der Waals surface area contributed by atoms with Gasteiger partial charge in [-0.25, -0.2) is 4.98 Å². The first-order chi connectivity index (χ1) is 14.7. The fourth-order valence-corrected chi connectivity index (χ4v) is 3.44. The van der Waals surface area contributed by atoms with Gasteiger partial charge < -0.3 is 11.1 Å². The number of nitriles is 1. The van der Waals surface area contributed by atoms with Crippen molar-refractivity contribution in [1.82, 2.24) is 10.3 Å². The Morgan fingerprint density at radius 1 is 1.03 bits per heavy atom. The van der Waals surface area contributed by atoms with Gasteiger partial charge in [-0.2, -0.15) is 18.4 Å². The first-order valence-electron chi connectivity index (χ1n) is 9.49. The number of pyridine rings is 1. The lowest BCUT2D eigenvalue weighted by Gasteiger charge is -2.19. The number of nitrogens with one attached hydrogen (secondary N) is 1. The lowest BCUT2D eigenvalue weighted by atomic mass is 9.99. The van der Waals surface area contributed by atoms with Gasteiger partial charge in [-0.3, -0.25) is 4.79 Å². The zero-order chi connectivity index (χ0) is 22.2. The molecule has 2 aromatic carbocycles. The Balaban J connectivity index is 1.52. The zero-order valence-electron chi connectivity index (χ0n) is 16.2. The van der Waals surface area contributed by atoms with Gasteiger partial charge in [0.2, 0.25) is 0 Å². The summed E-state index contributed by atoms with van der Waals surface area (Å²) in [5.41, 5.74) is 7.12. The number of nitrogens with two attached hydrogens (primary N) is 1. The highest BCUT2D eigenvalue weighted by Crippen LogP contribution is 2.46. The molecule has 4 rings (SSSR count). The minimum absolute atomic E-state index is 0.196. The molecular formula is C23H17F3N4O. The van der Waals surface area contributed by atoms with Crippen molar-refractivity contribution in [2.45, 2.75) is 24.6 Å². The Morgan fingerprint density at radius 3 is 2.19 bits per heavy atom. The van der Waals surface area contributed by atoms with Crippen molar-refractivity contribution in [3.8, 4) is 17.2 Å². The van der Waals surface area contributed by atoms with Gasteiger partial charge in [0.1, 0.15) is 11.5 Å². The number of aromatic nitrogens is 1. The van der Waals surface area contributed by atoms with Crippen LogP contribution in [0.3, 0.4) is 0 Å². The Labute approximate surface area is 176 Å². The topological polar surface area (TPSA) is 91.8 Å². The Morgan fingerprint density at radius 2 is 1.68 bits per heavy atom. The molecule has 8 heteroatoms. The van der Waals surface area contributed by atoms with Crippen molar-refractivity contribution < 1.29 is 18.0 Å².